The summed E-state index contributed by atoms with van der Waals surface area (Å²) in [5.41, 5.74) is 1.90. The molecule has 1 aromatic rings. The number of amidine groups is 1. The van der Waals surface area contributed by atoms with Crippen LogP contribution in [0.25, 0.3) is 0 Å². The minimum atomic E-state index is -0.504. The van der Waals surface area contributed by atoms with Crippen molar-refractivity contribution in [3.05, 3.63) is 45.6 Å². The van der Waals surface area contributed by atoms with Crippen molar-refractivity contribution in [1.82, 2.24) is 4.90 Å². The first kappa shape index (κ1) is 18.2. The first-order chi connectivity index (χ1) is 12.0. The van der Waals surface area contributed by atoms with E-state index in [4.69, 9.17) is 4.74 Å². The Kier molecular flexibility index (Phi) is 5.34. The number of halogens is 1. The highest BCUT2D eigenvalue weighted by Gasteiger charge is 2.47. The number of nitrogens with zero attached hydrogens (tertiary/aromatic N) is 2. The van der Waals surface area contributed by atoms with Gasteiger partial charge in [-0.15, -0.1) is 0 Å². The highest BCUT2D eigenvalue weighted by atomic mass is 79.9. The van der Waals surface area contributed by atoms with Crippen molar-refractivity contribution in [1.29, 1.82) is 0 Å². The zero-order chi connectivity index (χ0) is 18.1. The first-order valence-corrected chi connectivity index (χ1v) is 9.86. The number of hydrogen-bond acceptors (Lipinski definition) is 5. The molecule has 2 atom stereocenters. The summed E-state index contributed by atoms with van der Waals surface area (Å²) in [4.78, 5) is 31.7. The molecule has 0 saturated carbocycles. The molecule has 1 amide bonds. The van der Waals surface area contributed by atoms with E-state index in [2.05, 4.69) is 20.9 Å². The minimum absolute atomic E-state index is 0.00605. The standard InChI is InChI=1S/C18H19BrN2O3S/c1-4-13-16(22)21-15(11-6-8-12(19)9-7-11)14(17(23)24-5-2)10(3)20-18(21)25-13/h6-9,13,15H,4-5H2,1-3H3/t13-,15+/m1/s1. The van der Waals surface area contributed by atoms with E-state index in [0.717, 1.165) is 16.5 Å². The van der Waals surface area contributed by atoms with Crippen LogP contribution in [0.4, 0.5) is 0 Å². The van der Waals surface area contributed by atoms with Gasteiger partial charge in [0.15, 0.2) is 5.17 Å². The van der Waals surface area contributed by atoms with E-state index in [1.165, 1.54) is 11.8 Å². The van der Waals surface area contributed by atoms with Gasteiger partial charge in [-0.1, -0.05) is 46.7 Å². The first-order valence-electron chi connectivity index (χ1n) is 8.19. The molecule has 0 aromatic heterocycles. The fourth-order valence-corrected chi connectivity index (χ4v) is 4.42. The maximum atomic E-state index is 12.9. The Morgan fingerprint density at radius 2 is 2.00 bits per heavy atom. The lowest BCUT2D eigenvalue weighted by molar-refractivity contribution is -0.139. The molecule has 0 aliphatic carbocycles. The fourth-order valence-electron chi connectivity index (χ4n) is 3.02. The van der Waals surface area contributed by atoms with E-state index in [1.54, 1.807) is 18.7 Å². The molecule has 5 nitrogen and oxygen atoms in total. The lowest BCUT2D eigenvalue weighted by Crippen LogP contribution is -2.40. The number of esters is 1. The van der Waals surface area contributed by atoms with Crippen molar-refractivity contribution in [2.24, 2.45) is 4.99 Å². The van der Waals surface area contributed by atoms with Gasteiger partial charge >= 0.3 is 5.97 Å². The van der Waals surface area contributed by atoms with Crippen LogP contribution in [0.1, 0.15) is 38.8 Å². The van der Waals surface area contributed by atoms with Crippen LogP contribution < -0.4 is 0 Å². The summed E-state index contributed by atoms with van der Waals surface area (Å²) < 4.78 is 6.18. The Labute approximate surface area is 159 Å². The molecular weight excluding hydrogens is 404 g/mol. The maximum absolute atomic E-state index is 12.9. The van der Waals surface area contributed by atoms with Crippen molar-refractivity contribution in [3.63, 3.8) is 0 Å². The highest BCUT2D eigenvalue weighted by Crippen LogP contribution is 2.44. The second-order valence-electron chi connectivity index (χ2n) is 5.79. The van der Waals surface area contributed by atoms with Gasteiger partial charge in [0.25, 0.3) is 0 Å². The normalized spacial score (nSPS) is 22.8. The summed E-state index contributed by atoms with van der Waals surface area (Å²) in [5.74, 6) is -0.429. The summed E-state index contributed by atoms with van der Waals surface area (Å²) in [6.45, 7) is 5.83. The molecule has 0 spiro atoms. The summed E-state index contributed by atoms with van der Waals surface area (Å²) in [6.07, 6.45) is 0.722. The average Bonchev–Trinajstić information content (AvgIpc) is 2.90. The van der Waals surface area contributed by atoms with Crippen molar-refractivity contribution in [3.8, 4) is 0 Å². The van der Waals surface area contributed by atoms with Gasteiger partial charge in [-0.3, -0.25) is 9.69 Å². The van der Waals surface area contributed by atoms with E-state index in [-0.39, 0.29) is 17.8 Å². The van der Waals surface area contributed by atoms with Crippen LogP contribution in [-0.2, 0) is 14.3 Å². The van der Waals surface area contributed by atoms with Crippen LogP contribution in [0.5, 0.6) is 0 Å². The third kappa shape index (κ3) is 3.27. The fraction of sp³-hybridized carbons (Fsp3) is 0.389. The van der Waals surface area contributed by atoms with E-state index < -0.39 is 12.0 Å². The maximum Gasteiger partial charge on any atom is 0.338 e. The van der Waals surface area contributed by atoms with Gasteiger partial charge < -0.3 is 4.74 Å². The second kappa shape index (κ2) is 7.33. The molecule has 1 fully saturated rings. The molecule has 0 N–H and O–H groups in total. The van der Waals surface area contributed by atoms with Gasteiger partial charge in [0.05, 0.1) is 29.2 Å². The number of amides is 1. The smallest absolute Gasteiger partial charge is 0.338 e. The lowest BCUT2D eigenvalue weighted by atomic mass is 9.94. The van der Waals surface area contributed by atoms with Gasteiger partial charge in [0.2, 0.25) is 5.91 Å². The van der Waals surface area contributed by atoms with Crippen LogP contribution in [0.15, 0.2) is 45.0 Å². The van der Waals surface area contributed by atoms with Gasteiger partial charge in [0.1, 0.15) is 0 Å². The topological polar surface area (TPSA) is 59.0 Å². The van der Waals surface area contributed by atoms with E-state index in [0.29, 0.717) is 16.4 Å². The lowest BCUT2D eigenvalue weighted by Gasteiger charge is -2.33. The Morgan fingerprint density at radius 1 is 1.32 bits per heavy atom. The predicted molar refractivity (Wildman–Crippen MR) is 102 cm³/mol. The van der Waals surface area contributed by atoms with Crippen molar-refractivity contribution in [2.45, 2.75) is 38.5 Å². The number of allylic oxidation sites excluding steroid dienone is 1. The van der Waals surface area contributed by atoms with E-state index in [9.17, 15) is 9.59 Å². The molecule has 2 aliphatic heterocycles. The molecular formula is C18H19BrN2O3S. The SMILES string of the molecule is CCOC(=O)C1=C(C)N=C2S[C@H](CC)C(=O)N2[C@H]1c1ccc(Br)cc1. The molecule has 1 saturated heterocycles. The number of fused-ring (bicyclic) bond motifs is 1. The highest BCUT2D eigenvalue weighted by molar-refractivity contribution is 9.10. The molecule has 2 aliphatic rings. The number of benzene rings is 1. The minimum Gasteiger partial charge on any atom is -0.463 e. The molecule has 0 radical (unpaired) electrons. The molecule has 7 heteroatoms. The summed E-state index contributed by atoms with van der Waals surface area (Å²) >= 11 is 4.89. The Balaban J connectivity index is 2.13. The second-order valence-corrected chi connectivity index (χ2v) is 7.88. The Morgan fingerprint density at radius 3 is 2.60 bits per heavy atom. The van der Waals surface area contributed by atoms with E-state index in [1.807, 2.05) is 31.2 Å². The number of carbonyl (C=O) groups is 2. The largest absolute Gasteiger partial charge is 0.463 e. The summed E-state index contributed by atoms with van der Waals surface area (Å²) in [7, 11) is 0. The van der Waals surface area contributed by atoms with Gasteiger partial charge in [-0.2, -0.15) is 0 Å². The van der Waals surface area contributed by atoms with Crippen LogP contribution in [0, 0.1) is 0 Å². The van der Waals surface area contributed by atoms with Gasteiger partial charge in [-0.05, 0) is 38.0 Å². The van der Waals surface area contributed by atoms with Gasteiger partial charge in [0, 0.05) is 4.47 Å². The number of rotatable bonds is 4. The number of carbonyl (C=O) groups excluding carboxylic acids is 2. The van der Waals surface area contributed by atoms with Crippen molar-refractivity contribution >= 4 is 44.7 Å². The van der Waals surface area contributed by atoms with Crippen molar-refractivity contribution < 1.29 is 14.3 Å². The molecule has 3 rings (SSSR count). The average molecular weight is 423 g/mol. The number of ether oxygens (including phenoxy) is 1. The molecule has 132 valence electrons. The molecule has 25 heavy (non-hydrogen) atoms. The van der Waals surface area contributed by atoms with Crippen LogP contribution in [0.2, 0.25) is 0 Å². The third-order valence-corrected chi connectivity index (χ3v) is 6.05. The Bertz CT molecular complexity index is 773. The van der Waals surface area contributed by atoms with Crippen LogP contribution >= 0.6 is 27.7 Å². The van der Waals surface area contributed by atoms with Crippen LogP contribution in [-0.4, -0.2) is 33.8 Å². The number of aliphatic imine (C=N–C) groups is 1. The molecule has 0 bridgehead atoms. The zero-order valence-electron chi connectivity index (χ0n) is 14.3. The Hall–Kier alpha value is -1.60. The molecule has 1 aromatic carbocycles. The van der Waals surface area contributed by atoms with E-state index >= 15 is 0 Å². The summed E-state index contributed by atoms with van der Waals surface area (Å²) in [5, 5.41) is 0.501. The molecule has 0 unspecified atom stereocenters. The number of thioether (sulfide) groups is 1. The zero-order valence-corrected chi connectivity index (χ0v) is 16.7. The van der Waals surface area contributed by atoms with Crippen molar-refractivity contribution in [2.75, 3.05) is 6.61 Å². The number of hydrogen-bond donors (Lipinski definition) is 0. The summed E-state index contributed by atoms with van der Waals surface area (Å²) in [6, 6.07) is 7.15. The quantitative estimate of drug-likeness (QED) is 0.686. The van der Waals surface area contributed by atoms with Crippen LogP contribution in [0.3, 0.4) is 0 Å². The predicted octanol–water partition coefficient (Wildman–Crippen LogP) is 4.05. The monoisotopic (exact) mass is 422 g/mol. The molecule has 2 heterocycles. The third-order valence-electron chi connectivity index (χ3n) is 4.20. The van der Waals surface area contributed by atoms with Gasteiger partial charge in [-0.25, -0.2) is 9.79 Å².